The molecule has 2 heterocycles. The Morgan fingerprint density at radius 3 is 2.52 bits per heavy atom. The van der Waals surface area contributed by atoms with Gasteiger partial charge in [-0.2, -0.15) is 0 Å². The summed E-state index contributed by atoms with van der Waals surface area (Å²) in [6.45, 7) is 7.90. The molecule has 0 aliphatic rings. The van der Waals surface area contributed by atoms with Gasteiger partial charge in [0.25, 0.3) is 5.91 Å². The molecule has 0 radical (unpaired) electrons. The lowest BCUT2D eigenvalue weighted by Gasteiger charge is -2.09. The topological polar surface area (TPSA) is 68.3 Å². The van der Waals surface area contributed by atoms with Gasteiger partial charge in [0.2, 0.25) is 5.89 Å². The second-order valence-corrected chi connectivity index (χ2v) is 7.99. The van der Waals surface area contributed by atoms with Gasteiger partial charge < -0.3 is 14.2 Å². The number of aryl methyl sites for hydroxylation is 4. The molecule has 2 aromatic heterocycles. The fourth-order valence-corrected chi connectivity index (χ4v) is 3.96. The van der Waals surface area contributed by atoms with E-state index in [1.165, 1.54) is 0 Å². The number of oxazole rings is 1. The van der Waals surface area contributed by atoms with Crippen molar-refractivity contribution in [1.82, 2.24) is 4.98 Å². The third kappa shape index (κ3) is 3.28. The van der Waals surface area contributed by atoms with E-state index in [0.717, 1.165) is 44.3 Å². The highest BCUT2D eigenvalue weighted by Crippen LogP contribution is 2.31. The first-order chi connectivity index (χ1) is 14.9. The van der Waals surface area contributed by atoms with Gasteiger partial charge in [-0.25, -0.2) is 4.98 Å². The van der Waals surface area contributed by atoms with Crippen LogP contribution in [0, 0.1) is 27.7 Å². The molecule has 0 bridgehead atoms. The molecule has 0 unspecified atom stereocenters. The van der Waals surface area contributed by atoms with Crippen LogP contribution in [0.5, 0.6) is 0 Å². The summed E-state index contributed by atoms with van der Waals surface area (Å²) < 4.78 is 11.8. The van der Waals surface area contributed by atoms with Gasteiger partial charge in [-0.15, -0.1) is 0 Å². The third-order valence-corrected chi connectivity index (χ3v) is 5.60. The van der Waals surface area contributed by atoms with Crippen LogP contribution in [0.25, 0.3) is 33.5 Å². The number of hydrogen-bond acceptors (Lipinski definition) is 4. The summed E-state index contributed by atoms with van der Waals surface area (Å²) >= 11 is 0. The number of amides is 1. The summed E-state index contributed by atoms with van der Waals surface area (Å²) in [7, 11) is 0. The fourth-order valence-electron chi connectivity index (χ4n) is 3.96. The van der Waals surface area contributed by atoms with Crippen molar-refractivity contribution < 1.29 is 13.6 Å². The van der Waals surface area contributed by atoms with Crippen LogP contribution in [0.4, 0.5) is 5.69 Å². The number of nitrogens with one attached hydrogen (secondary N) is 1. The van der Waals surface area contributed by atoms with Crippen molar-refractivity contribution >= 4 is 33.7 Å². The molecule has 5 aromatic rings. The van der Waals surface area contributed by atoms with Crippen molar-refractivity contribution in [3.8, 4) is 11.5 Å². The summed E-state index contributed by atoms with van der Waals surface area (Å²) in [6, 6.07) is 17.5. The molecule has 0 aliphatic carbocycles. The first kappa shape index (κ1) is 19.1. The van der Waals surface area contributed by atoms with E-state index in [2.05, 4.69) is 16.4 Å². The number of carbonyl (C=O) groups is 1. The number of furan rings is 1. The maximum atomic E-state index is 13.0. The molecule has 1 amide bonds. The molecule has 0 fully saturated rings. The normalized spacial score (nSPS) is 11.4. The van der Waals surface area contributed by atoms with Crippen molar-refractivity contribution in [2.24, 2.45) is 0 Å². The van der Waals surface area contributed by atoms with E-state index in [9.17, 15) is 4.79 Å². The Hall–Kier alpha value is -3.86. The highest BCUT2D eigenvalue weighted by atomic mass is 16.4. The Labute approximate surface area is 179 Å². The zero-order valence-electron chi connectivity index (χ0n) is 17.9. The van der Waals surface area contributed by atoms with Gasteiger partial charge in [0.1, 0.15) is 11.1 Å². The highest BCUT2D eigenvalue weighted by molar-refractivity contribution is 6.07. The minimum Gasteiger partial charge on any atom is -0.451 e. The molecule has 31 heavy (non-hydrogen) atoms. The number of hydrogen-bond donors (Lipinski definition) is 1. The molecule has 3 aromatic carbocycles. The van der Waals surface area contributed by atoms with Gasteiger partial charge in [-0.05, 0) is 68.7 Å². The lowest BCUT2D eigenvalue weighted by Crippen LogP contribution is -2.13. The van der Waals surface area contributed by atoms with Gasteiger partial charge in [-0.1, -0.05) is 30.3 Å². The van der Waals surface area contributed by atoms with Gasteiger partial charge in [0.05, 0.1) is 0 Å². The van der Waals surface area contributed by atoms with Crippen LogP contribution in [0.2, 0.25) is 0 Å². The number of nitrogens with zero attached hydrogens (tertiary/aromatic N) is 1. The second kappa shape index (κ2) is 7.13. The molecule has 0 saturated heterocycles. The van der Waals surface area contributed by atoms with Crippen LogP contribution in [-0.4, -0.2) is 10.9 Å². The number of carbonyl (C=O) groups excluding carboxylic acids is 1. The molecule has 5 rings (SSSR count). The summed E-state index contributed by atoms with van der Waals surface area (Å²) in [4.78, 5) is 17.6. The van der Waals surface area contributed by atoms with Crippen molar-refractivity contribution in [2.45, 2.75) is 27.7 Å². The summed E-state index contributed by atoms with van der Waals surface area (Å²) in [5.41, 5.74) is 7.76. The minimum absolute atomic E-state index is 0.280. The maximum absolute atomic E-state index is 13.0. The summed E-state index contributed by atoms with van der Waals surface area (Å²) in [5.74, 6) is 0.566. The molecule has 154 valence electrons. The predicted molar refractivity (Wildman–Crippen MR) is 123 cm³/mol. The zero-order chi connectivity index (χ0) is 21.7. The Bertz CT molecular complexity index is 1470. The molecule has 0 saturated carbocycles. The summed E-state index contributed by atoms with van der Waals surface area (Å²) in [5, 5.41) is 3.93. The molecular formula is C26H22N2O3. The maximum Gasteiger partial charge on any atom is 0.291 e. The molecule has 5 nitrogen and oxygen atoms in total. The molecule has 0 spiro atoms. The minimum atomic E-state index is -0.280. The SMILES string of the molecule is Cc1cc(C)c2oc(-c3ccc(C)c(NC(=O)c4oc5ccccc5c4C)c3)nc2c1. The van der Waals surface area contributed by atoms with E-state index in [1.54, 1.807) is 0 Å². The van der Waals surface area contributed by atoms with E-state index in [1.807, 2.05) is 76.2 Å². The van der Waals surface area contributed by atoms with Crippen molar-refractivity contribution in [3.63, 3.8) is 0 Å². The van der Waals surface area contributed by atoms with Crippen molar-refractivity contribution in [3.05, 3.63) is 82.6 Å². The number of anilines is 1. The van der Waals surface area contributed by atoms with E-state index >= 15 is 0 Å². The average molecular weight is 410 g/mol. The second-order valence-electron chi connectivity index (χ2n) is 7.99. The number of aromatic nitrogens is 1. The van der Waals surface area contributed by atoms with E-state index in [-0.39, 0.29) is 5.91 Å². The van der Waals surface area contributed by atoms with E-state index in [4.69, 9.17) is 8.83 Å². The smallest absolute Gasteiger partial charge is 0.291 e. The number of fused-ring (bicyclic) bond motifs is 2. The number of para-hydroxylation sites is 1. The quantitative estimate of drug-likeness (QED) is 0.358. The lowest BCUT2D eigenvalue weighted by atomic mass is 10.1. The van der Waals surface area contributed by atoms with Gasteiger partial charge in [-0.3, -0.25) is 4.79 Å². The first-order valence-corrected chi connectivity index (χ1v) is 10.2. The Kier molecular flexibility index (Phi) is 4.40. The predicted octanol–water partition coefficient (Wildman–Crippen LogP) is 6.73. The average Bonchev–Trinajstić information content (AvgIpc) is 3.31. The summed E-state index contributed by atoms with van der Waals surface area (Å²) in [6.07, 6.45) is 0. The first-order valence-electron chi connectivity index (χ1n) is 10.2. The van der Waals surface area contributed by atoms with Gasteiger partial charge in [0, 0.05) is 22.2 Å². The highest BCUT2D eigenvalue weighted by Gasteiger charge is 2.19. The number of benzene rings is 3. The van der Waals surface area contributed by atoms with E-state index < -0.39 is 0 Å². The van der Waals surface area contributed by atoms with Crippen LogP contribution < -0.4 is 5.32 Å². The standard InChI is InChI=1S/C26H22N2O3/c1-14-11-16(3)23-21(12-14)28-26(31-23)18-10-9-15(2)20(13-18)27-25(29)24-17(4)19-7-5-6-8-22(19)30-24/h5-13H,1-4H3,(H,27,29). The molecular weight excluding hydrogens is 388 g/mol. The zero-order valence-corrected chi connectivity index (χ0v) is 17.9. The molecule has 1 N–H and O–H groups in total. The van der Waals surface area contributed by atoms with E-state index in [0.29, 0.717) is 22.9 Å². The van der Waals surface area contributed by atoms with Crippen LogP contribution in [-0.2, 0) is 0 Å². The van der Waals surface area contributed by atoms with Crippen molar-refractivity contribution in [2.75, 3.05) is 5.32 Å². The Morgan fingerprint density at radius 1 is 0.903 bits per heavy atom. The molecule has 0 aliphatic heterocycles. The lowest BCUT2D eigenvalue weighted by molar-refractivity contribution is 0.0998. The fraction of sp³-hybridized carbons (Fsp3) is 0.154. The van der Waals surface area contributed by atoms with Crippen LogP contribution in [0.1, 0.15) is 32.8 Å². The Morgan fingerprint density at radius 2 is 1.71 bits per heavy atom. The van der Waals surface area contributed by atoms with Gasteiger partial charge in [0.15, 0.2) is 11.3 Å². The largest absolute Gasteiger partial charge is 0.451 e. The van der Waals surface area contributed by atoms with Crippen LogP contribution in [0.3, 0.4) is 0 Å². The van der Waals surface area contributed by atoms with Crippen LogP contribution in [0.15, 0.2) is 63.4 Å². The molecule has 0 atom stereocenters. The molecule has 5 heteroatoms. The monoisotopic (exact) mass is 410 g/mol. The Balaban J connectivity index is 1.51. The van der Waals surface area contributed by atoms with Crippen LogP contribution >= 0.6 is 0 Å². The number of rotatable bonds is 3. The van der Waals surface area contributed by atoms with Gasteiger partial charge >= 0.3 is 0 Å². The third-order valence-electron chi connectivity index (χ3n) is 5.60. The van der Waals surface area contributed by atoms with Crippen molar-refractivity contribution in [1.29, 1.82) is 0 Å².